The van der Waals surface area contributed by atoms with Gasteiger partial charge in [-0.25, -0.2) is 0 Å². The number of hydrogen-bond donors (Lipinski definition) is 2. The standard InChI is InChI=1S/C19H20N2/c1-3-8-19(21)16(4-2)18-12-6-5-11-17(18)14-9-7-10-15(20)13-14/h3-13H,1,20-21H2,2H3/b16-4-,19-8+. The van der Waals surface area contributed by atoms with Crippen LogP contribution in [0.5, 0.6) is 0 Å². The lowest BCUT2D eigenvalue weighted by atomic mass is 9.92. The smallest absolute Gasteiger partial charge is 0.0390 e. The van der Waals surface area contributed by atoms with E-state index in [1.54, 1.807) is 6.08 Å². The summed E-state index contributed by atoms with van der Waals surface area (Å²) in [4.78, 5) is 0. The Hall–Kier alpha value is -2.74. The molecule has 0 heterocycles. The van der Waals surface area contributed by atoms with Gasteiger partial charge in [-0.1, -0.05) is 55.1 Å². The molecule has 0 bridgehead atoms. The lowest BCUT2D eigenvalue weighted by Gasteiger charge is -2.14. The van der Waals surface area contributed by atoms with Crippen LogP contribution in [0, 0.1) is 0 Å². The van der Waals surface area contributed by atoms with Crippen LogP contribution in [0.3, 0.4) is 0 Å². The first kappa shape index (κ1) is 14.7. The van der Waals surface area contributed by atoms with Crippen molar-refractivity contribution in [2.75, 3.05) is 5.73 Å². The van der Waals surface area contributed by atoms with Gasteiger partial charge in [0.25, 0.3) is 0 Å². The number of anilines is 1. The van der Waals surface area contributed by atoms with Crippen molar-refractivity contribution < 1.29 is 0 Å². The molecule has 0 saturated heterocycles. The summed E-state index contributed by atoms with van der Waals surface area (Å²) in [5.74, 6) is 0. The molecule has 0 aliphatic carbocycles. The second-order valence-electron chi connectivity index (χ2n) is 4.73. The molecule has 0 saturated carbocycles. The minimum atomic E-state index is 0.698. The highest BCUT2D eigenvalue weighted by Gasteiger charge is 2.10. The summed E-state index contributed by atoms with van der Waals surface area (Å²) in [6.45, 7) is 5.68. The molecule has 106 valence electrons. The Morgan fingerprint density at radius 1 is 1.10 bits per heavy atom. The van der Waals surface area contributed by atoms with Crippen LogP contribution in [0.2, 0.25) is 0 Å². The van der Waals surface area contributed by atoms with E-state index in [1.165, 1.54) is 0 Å². The van der Waals surface area contributed by atoms with Gasteiger partial charge in [0.05, 0.1) is 0 Å². The third-order valence-corrected chi connectivity index (χ3v) is 3.31. The number of nitrogens with two attached hydrogens (primary N) is 2. The maximum Gasteiger partial charge on any atom is 0.0390 e. The zero-order valence-corrected chi connectivity index (χ0v) is 12.2. The van der Waals surface area contributed by atoms with Crippen molar-refractivity contribution in [3.63, 3.8) is 0 Å². The molecule has 0 aromatic heterocycles. The van der Waals surface area contributed by atoms with Crippen molar-refractivity contribution >= 4 is 11.3 Å². The average Bonchev–Trinajstić information content (AvgIpc) is 2.49. The van der Waals surface area contributed by atoms with Gasteiger partial charge >= 0.3 is 0 Å². The minimum Gasteiger partial charge on any atom is -0.399 e. The van der Waals surface area contributed by atoms with Crippen molar-refractivity contribution in [3.05, 3.63) is 84.6 Å². The lowest BCUT2D eigenvalue weighted by Crippen LogP contribution is -2.01. The molecule has 0 aliphatic heterocycles. The molecular formula is C19H20N2. The summed E-state index contributed by atoms with van der Waals surface area (Å²) >= 11 is 0. The molecule has 4 N–H and O–H groups in total. The molecule has 2 aromatic carbocycles. The van der Waals surface area contributed by atoms with Gasteiger partial charge in [0.15, 0.2) is 0 Å². The molecule has 21 heavy (non-hydrogen) atoms. The normalized spacial score (nSPS) is 12.2. The fraction of sp³-hybridized carbons (Fsp3) is 0.0526. The quantitative estimate of drug-likeness (QED) is 0.643. The maximum atomic E-state index is 6.14. The van der Waals surface area contributed by atoms with E-state index in [0.29, 0.717) is 5.70 Å². The minimum absolute atomic E-state index is 0.698. The van der Waals surface area contributed by atoms with E-state index < -0.39 is 0 Å². The Labute approximate surface area is 126 Å². The van der Waals surface area contributed by atoms with E-state index in [0.717, 1.165) is 28.0 Å². The Morgan fingerprint density at radius 2 is 1.86 bits per heavy atom. The highest BCUT2D eigenvalue weighted by Crippen LogP contribution is 2.32. The largest absolute Gasteiger partial charge is 0.399 e. The first-order chi connectivity index (χ1) is 10.2. The third-order valence-electron chi connectivity index (χ3n) is 3.31. The highest BCUT2D eigenvalue weighted by molar-refractivity contribution is 5.88. The van der Waals surface area contributed by atoms with Crippen molar-refractivity contribution in [1.82, 2.24) is 0 Å². The molecule has 0 amide bonds. The van der Waals surface area contributed by atoms with Crippen LogP contribution in [0.1, 0.15) is 12.5 Å². The van der Waals surface area contributed by atoms with Gasteiger partial charge in [-0.3, -0.25) is 0 Å². The van der Waals surface area contributed by atoms with E-state index in [1.807, 2.05) is 49.4 Å². The van der Waals surface area contributed by atoms with E-state index in [-0.39, 0.29) is 0 Å². The lowest BCUT2D eigenvalue weighted by molar-refractivity contribution is 1.41. The van der Waals surface area contributed by atoms with Gasteiger partial charge in [-0.15, -0.1) is 0 Å². The van der Waals surface area contributed by atoms with Gasteiger partial charge in [0, 0.05) is 17.0 Å². The number of benzene rings is 2. The van der Waals surface area contributed by atoms with E-state index >= 15 is 0 Å². The Balaban J connectivity index is 2.61. The van der Waals surface area contributed by atoms with Crippen LogP contribution >= 0.6 is 0 Å². The molecule has 0 radical (unpaired) electrons. The molecule has 0 spiro atoms. The van der Waals surface area contributed by atoms with Crippen LogP contribution in [0.15, 0.2) is 79.0 Å². The van der Waals surface area contributed by atoms with Crippen molar-refractivity contribution in [3.8, 4) is 11.1 Å². The fourth-order valence-electron chi connectivity index (χ4n) is 2.37. The fourth-order valence-corrected chi connectivity index (χ4v) is 2.37. The van der Waals surface area contributed by atoms with Gasteiger partial charge in [0.1, 0.15) is 0 Å². The topological polar surface area (TPSA) is 52.0 Å². The van der Waals surface area contributed by atoms with Crippen LogP contribution in [-0.2, 0) is 0 Å². The summed E-state index contributed by atoms with van der Waals surface area (Å²) < 4.78 is 0. The third kappa shape index (κ3) is 3.23. The maximum absolute atomic E-state index is 6.14. The molecule has 0 aliphatic rings. The molecule has 2 aromatic rings. The monoisotopic (exact) mass is 276 g/mol. The van der Waals surface area contributed by atoms with Crippen molar-refractivity contribution in [1.29, 1.82) is 0 Å². The van der Waals surface area contributed by atoms with Crippen LogP contribution in [-0.4, -0.2) is 0 Å². The van der Waals surface area contributed by atoms with Crippen molar-refractivity contribution in [2.24, 2.45) is 5.73 Å². The second kappa shape index (κ2) is 6.62. The number of rotatable bonds is 4. The summed E-state index contributed by atoms with van der Waals surface area (Å²) in [5.41, 5.74) is 17.8. The average molecular weight is 276 g/mol. The zero-order valence-electron chi connectivity index (χ0n) is 12.2. The number of allylic oxidation sites excluding steroid dienone is 4. The predicted molar refractivity (Wildman–Crippen MR) is 92.4 cm³/mol. The molecule has 0 atom stereocenters. The van der Waals surface area contributed by atoms with Gasteiger partial charge in [0.2, 0.25) is 0 Å². The first-order valence-electron chi connectivity index (χ1n) is 6.87. The predicted octanol–water partition coefficient (Wildman–Crippen LogP) is 4.37. The molecule has 0 unspecified atom stereocenters. The summed E-state index contributed by atoms with van der Waals surface area (Å²) in [7, 11) is 0. The second-order valence-corrected chi connectivity index (χ2v) is 4.73. The van der Waals surface area contributed by atoms with Gasteiger partial charge in [-0.05, 0) is 41.8 Å². The number of hydrogen-bond acceptors (Lipinski definition) is 2. The first-order valence-corrected chi connectivity index (χ1v) is 6.87. The molecule has 2 nitrogen and oxygen atoms in total. The molecule has 2 heteroatoms. The summed E-state index contributed by atoms with van der Waals surface area (Å²) in [6.07, 6.45) is 5.52. The van der Waals surface area contributed by atoms with E-state index in [9.17, 15) is 0 Å². The van der Waals surface area contributed by atoms with Gasteiger partial charge < -0.3 is 11.5 Å². The molecule has 0 fully saturated rings. The van der Waals surface area contributed by atoms with Crippen LogP contribution in [0.4, 0.5) is 5.69 Å². The molecule has 2 rings (SSSR count). The highest BCUT2D eigenvalue weighted by atomic mass is 14.6. The van der Waals surface area contributed by atoms with Gasteiger partial charge in [-0.2, -0.15) is 0 Å². The summed E-state index contributed by atoms with van der Waals surface area (Å²) in [6, 6.07) is 16.0. The SMILES string of the molecule is C=C/C=C(N)\C(=C/C)c1ccccc1-c1cccc(N)c1. The van der Waals surface area contributed by atoms with Crippen LogP contribution in [0.25, 0.3) is 16.7 Å². The Bertz CT molecular complexity index is 709. The van der Waals surface area contributed by atoms with Crippen LogP contribution < -0.4 is 11.5 Å². The van der Waals surface area contributed by atoms with Crippen molar-refractivity contribution in [2.45, 2.75) is 6.92 Å². The molecular weight excluding hydrogens is 256 g/mol. The Morgan fingerprint density at radius 3 is 2.52 bits per heavy atom. The zero-order chi connectivity index (χ0) is 15.2. The Kier molecular flexibility index (Phi) is 4.62. The number of nitrogen functional groups attached to an aromatic ring is 1. The van der Waals surface area contributed by atoms with E-state index in [4.69, 9.17) is 11.5 Å². The summed E-state index contributed by atoms with van der Waals surface area (Å²) in [5, 5.41) is 0. The van der Waals surface area contributed by atoms with E-state index in [2.05, 4.69) is 24.8 Å².